The molecule has 1 aliphatic heterocycles. The molecule has 0 saturated carbocycles. The number of aryl methyl sites for hydroxylation is 1. The first-order valence-electron chi connectivity index (χ1n) is 4.35. The van der Waals surface area contributed by atoms with E-state index in [9.17, 15) is 4.79 Å². The Morgan fingerprint density at radius 1 is 1.36 bits per heavy atom. The molecular weight excluding hydrogens is 196 g/mol. The van der Waals surface area contributed by atoms with Crippen LogP contribution in [0.4, 0.5) is 5.69 Å². The zero-order valence-corrected chi connectivity index (χ0v) is 8.60. The fourth-order valence-corrected chi connectivity index (χ4v) is 1.66. The van der Waals surface area contributed by atoms with Gasteiger partial charge in [0, 0.05) is 5.69 Å². The van der Waals surface area contributed by atoms with Gasteiger partial charge in [0.05, 0.1) is 0 Å². The van der Waals surface area contributed by atoms with Crippen molar-refractivity contribution < 1.29 is 4.79 Å². The van der Waals surface area contributed by atoms with E-state index in [1.165, 1.54) is 5.56 Å². The van der Waals surface area contributed by atoms with Crippen LogP contribution in [0.3, 0.4) is 0 Å². The molecule has 0 unspecified atom stereocenters. The summed E-state index contributed by atoms with van der Waals surface area (Å²) >= 11 is 5.03. The number of anilines is 1. The molecule has 1 amide bonds. The minimum atomic E-state index is -0.0458. The summed E-state index contributed by atoms with van der Waals surface area (Å²) < 4.78 is 0. The van der Waals surface area contributed by atoms with Crippen molar-refractivity contribution in [3.8, 4) is 0 Å². The maximum absolute atomic E-state index is 11.1. The van der Waals surface area contributed by atoms with Gasteiger partial charge >= 0.3 is 0 Å². The molecule has 0 spiro atoms. The van der Waals surface area contributed by atoms with E-state index in [2.05, 4.69) is 5.32 Å². The SMILES string of the molecule is Cc1ccc(N2CC(=O)NC2=S)cc1. The Morgan fingerprint density at radius 2 is 2.00 bits per heavy atom. The second-order valence-corrected chi connectivity index (χ2v) is 3.66. The molecule has 1 N–H and O–H groups in total. The first-order chi connectivity index (χ1) is 6.66. The van der Waals surface area contributed by atoms with E-state index in [4.69, 9.17) is 12.2 Å². The molecule has 0 aromatic heterocycles. The average Bonchev–Trinajstić information content (AvgIpc) is 2.47. The number of hydrogen-bond donors (Lipinski definition) is 1. The van der Waals surface area contributed by atoms with Gasteiger partial charge in [-0.3, -0.25) is 4.79 Å². The number of carbonyl (C=O) groups excluding carboxylic acids is 1. The highest BCUT2D eigenvalue weighted by Crippen LogP contribution is 2.17. The highest BCUT2D eigenvalue weighted by molar-refractivity contribution is 7.80. The smallest absolute Gasteiger partial charge is 0.246 e. The molecule has 1 saturated heterocycles. The van der Waals surface area contributed by atoms with Crippen molar-refractivity contribution in [1.29, 1.82) is 0 Å². The van der Waals surface area contributed by atoms with Crippen LogP contribution in [0.5, 0.6) is 0 Å². The average molecular weight is 206 g/mol. The fraction of sp³-hybridized carbons (Fsp3) is 0.200. The van der Waals surface area contributed by atoms with Crippen LogP contribution in [0.15, 0.2) is 24.3 Å². The summed E-state index contributed by atoms with van der Waals surface area (Å²) in [5, 5.41) is 3.08. The van der Waals surface area contributed by atoms with E-state index in [-0.39, 0.29) is 5.91 Å². The lowest BCUT2D eigenvalue weighted by molar-refractivity contribution is -0.117. The van der Waals surface area contributed by atoms with Crippen LogP contribution < -0.4 is 10.2 Å². The van der Waals surface area contributed by atoms with E-state index in [1.54, 1.807) is 4.90 Å². The Bertz CT molecular complexity index is 386. The number of benzene rings is 1. The molecule has 3 nitrogen and oxygen atoms in total. The molecule has 1 fully saturated rings. The number of hydrogen-bond acceptors (Lipinski definition) is 2. The third kappa shape index (κ3) is 1.61. The zero-order chi connectivity index (χ0) is 10.1. The Kier molecular flexibility index (Phi) is 2.21. The summed E-state index contributed by atoms with van der Waals surface area (Å²) in [6.07, 6.45) is 0. The van der Waals surface area contributed by atoms with Crippen LogP contribution >= 0.6 is 12.2 Å². The highest BCUT2D eigenvalue weighted by atomic mass is 32.1. The second kappa shape index (κ2) is 3.38. The van der Waals surface area contributed by atoms with E-state index in [0.717, 1.165) is 5.69 Å². The highest BCUT2D eigenvalue weighted by Gasteiger charge is 2.24. The van der Waals surface area contributed by atoms with Gasteiger partial charge < -0.3 is 10.2 Å². The van der Waals surface area contributed by atoms with Gasteiger partial charge in [0.25, 0.3) is 0 Å². The number of carbonyl (C=O) groups is 1. The third-order valence-electron chi connectivity index (χ3n) is 2.14. The lowest BCUT2D eigenvalue weighted by atomic mass is 10.2. The molecule has 72 valence electrons. The first-order valence-corrected chi connectivity index (χ1v) is 4.75. The maximum Gasteiger partial charge on any atom is 0.246 e. The largest absolute Gasteiger partial charge is 0.309 e. The maximum atomic E-state index is 11.1. The van der Waals surface area contributed by atoms with Gasteiger partial charge in [0.1, 0.15) is 6.54 Å². The summed E-state index contributed by atoms with van der Waals surface area (Å²) in [7, 11) is 0. The van der Waals surface area contributed by atoms with E-state index >= 15 is 0 Å². The molecule has 1 heterocycles. The van der Waals surface area contributed by atoms with E-state index in [0.29, 0.717) is 11.7 Å². The van der Waals surface area contributed by atoms with E-state index < -0.39 is 0 Å². The summed E-state index contributed by atoms with van der Waals surface area (Å²) in [5.41, 5.74) is 2.15. The quantitative estimate of drug-likeness (QED) is 0.701. The Hall–Kier alpha value is -1.42. The summed E-state index contributed by atoms with van der Waals surface area (Å²) in [5.74, 6) is -0.0458. The Labute approximate surface area is 87.7 Å². The van der Waals surface area contributed by atoms with Gasteiger partial charge in [-0.2, -0.15) is 0 Å². The van der Waals surface area contributed by atoms with Crippen LogP contribution in [0.2, 0.25) is 0 Å². The van der Waals surface area contributed by atoms with Crippen molar-refractivity contribution >= 4 is 28.9 Å². The standard InChI is InChI=1S/C10H10N2OS/c1-7-2-4-8(5-3-7)12-6-9(13)11-10(12)14/h2-5H,6H2,1H3,(H,11,13,14). The molecule has 1 aromatic carbocycles. The lowest BCUT2D eigenvalue weighted by Crippen LogP contribution is -2.27. The summed E-state index contributed by atoms with van der Waals surface area (Å²) in [4.78, 5) is 12.9. The number of rotatable bonds is 1. The number of nitrogens with zero attached hydrogens (tertiary/aromatic N) is 1. The molecular formula is C10H10N2OS. The van der Waals surface area contributed by atoms with Crippen molar-refractivity contribution in [2.24, 2.45) is 0 Å². The molecule has 0 bridgehead atoms. The van der Waals surface area contributed by atoms with Crippen molar-refractivity contribution in [3.05, 3.63) is 29.8 Å². The van der Waals surface area contributed by atoms with Crippen molar-refractivity contribution in [2.45, 2.75) is 6.92 Å². The predicted molar refractivity (Wildman–Crippen MR) is 59.3 cm³/mol. The molecule has 1 aromatic rings. The minimum absolute atomic E-state index is 0.0458. The lowest BCUT2D eigenvalue weighted by Gasteiger charge is -2.15. The molecule has 14 heavy (non-hydrogen) atoms. The monoisotopic (exact) mass is 206 g/mol. The molecule has 1 aliphatic rings. The van der Waals surface area contributed by atoms with Gasteiger partial charge in [-0.15, -0.1) is 0 Å². The van der Waals surface area contributed by atoms with Crippen LogP contribution in [-0.4, -0.2) is 17.6 Å². The van der Waals surface area contributed by atoms with Gasteiger partial charge in [-0.25, -0.2) is 0 Å². The van der Waals surface area contributed by atoms with Gasteiger partial charge in [0.15, 0.2) is 5.11 Å². The topological polar surface area (TPSA) is 32.3 Å². The number of amides is 1. The summed E-state index contributed by atoms with van der Waals surface area (Å²) in [6, 6.07) is 7.92. The fourth-order valence-electron chi connectivity index (χ4n) is 1.37. The van der Waals surface area contributed by atoms with Crippen molar-refractivity contribution in [3.63, 3.8) is 0 Å². The second-order valence-electron chi connectivity index (χ2n) is 3.28. The van der Waals surface area contributed by atoms with Crippen molar-refractivity contribution in [2.75, 3.05) is 11.4 Å². The minimum Gasteiger partial charge on any atom is -0.309 e. The summed E-state index contributed by atoms with van der Waals surface area (Å²) in [6.45, 7) is 2.34. The van der Waals surface area contributed by atoms with Gasteiger partial charge in [0.2, 0.25) is 5.91 Å². The molecule has 0 atom stereocenters. The van der Waals surface area contributed by atoms with Crippen LogP contribution in [0, 0.1) is 6.92 Å². The number of thiocarbonyl (C=S) groups is 1. The van der Waals surface area contributed by atoms with Crippen LogP contribution in [-0.2, 0) is 4.79 Å². The van der Waals surface area contributed by atoms with Gasteiger partial charge in [-0.05, 0) is 31.3 Å². The zero-order valence-electron chi connectivity index (χ0n) is 7.78. The first kappa shape index (κ1) is 9.15. The van der Waals surface area contributed by atoms with Crippen LogP contribution in [0.25, 0.3) is 0 Å². The molecule has 4 heteroatoms. The van der Waals surface area contributed by atoms with Crippen LogP contribution in [0.1, 0.15) is 5.56 Å². The van der Waals surface area contributed by atoms with Gasteiger partial charge in [-0.1, -0.05) is 17.7 Å². The number of nitrogens with one attached hydrogen (secondary N) is 1. The molecule has 0 aliphatic carbocycles. The van der Waals surface area contributed by atoms with E-state index in [1.807, 2.05) is 31.2 Å². The Morgan fingerprint density at radius 3 is 2.50 bits per heavy atom. The van der Waals surface area contributed by atoms with Crippen molar-refractivity contribution in [1.82, 2.24) is 5.32 Å². The molecule has 0 radical (unpaired) electrons. The molecule has 2 rings (SSSR count). The Balaban J connectivity index is 2.27. The third-order valence-corrected chi connectivity index (χ3v) is 2.46. The normalized spacial score (nSPS) is 15.9. The predicted octanol–water partition coefficient (Wildman–Crippen LogP) is 1.22.